The molecule has 6 heteroatoms. The number of alkyl halides is 1. The van der Waals surface area contributed by atoms with Crippen molar-refractivity contribution in [2.24, 2.45) is 0 Å². The summed E-state index contributed by atoms with van der Waals surface area (Å²) in [7, 11) is 0. The van der Waals surface area contributed by atoms with Crippen LogP contribution in [0.1, 0.15) is 16.5 Å². The minimum Gasteiger partial charge on any atom is -0.206 e. The summed E-state index contributed by atoms with van der Waals surface area (Å²) in [6.07, 6.45) is 0. The Labute approximate surface area is 133 Å². The normalized spacial score (nSPS) is 12.8. The van der Waals surface area contributed by atoms with Gasteiger partial charge in [0.25, 0.3) is 0 Å². The van der Waals surface area contributed by atoms with Crippen molar-refractivity contribution in [2.45, 2.75) is 5.38 Å². The number of thiophene rings is 1. The van der Waals surface area contributed by atoms with Gasteiger partial charge >= 0.3 is 0 Å². The van der Waals surface area contributed by atoms with E-state index in [0.29, 0.717) is 4.47 Å². The summed E-state index contributed by atoms with van der Waals surface area (Å²) in [5, 5.41) is -0.302. The predicted octanol–water partition coefficient (Wildman–Crippen LogP) is 6.50. The zero-order valence-corrected chi connectivity index (χ0v) is 14.5. The Bertz CT molecular complexity index is 556. The molecule has 0 bridgehead atoms. The van der Waals surface area contributed by atoms with Gasteiger partial charge in [0.1, 0.15) is 5.82 Å². The number of rotatable bonds is 2. The van der Waals surface area contributed by atoms with Crippen molar-refractivity contribution >= 4 is 70.7 Å². The third kappa shape index (κ3) is 3.13. The average molecular weight is 463 g/mol. The van der Waals surface area contributed by atoms with Crippen LogP contribution in [0.3, 0.4) is 0 Å². The summed E-state index contributed by atoms with van der Waals surface area (Å²) < 4.78 is 15.5. The molecule has 2 rings (SSSR count). The summed E-state index contributed by atoms with van der Waals surface area (Å²) in [4.78, 5) is 0. The maximum Gasteiger partial charge on any atom is 0.137 e. The van der Waals surface area contributed by atoms with Crippen LogP contribution in [0, 0.1) is 5.82 Å². The Morgan fingerprint density at radius 2 is 1.88 bits per heavy atom. The topological polar surface area (TPSA) is 0 Å². The highest BCUT2D eigenvalue weighted by molar-refractivity contribution is 9.12. The molecular weight excluding hydrogens is 458 g/mol. The molecule has 2 aromatic rings. The van der Waals surface area contributed by atoms with Crippen molar-refractivity contribution in [3.8, 4) is 0 Å². The molecule has 0 fully saturated rings. The molecule has 1 heterocycles. The second-order valence-electron chi connectivity index (χ2n) is 3.32. The largest absolute Gasteiger partial charge is 0.206 e. The van der Waals surface area contributed by atoms with E-state index in [1.54, 1.807) is 23.5 Å². The summed E-state index contributed by atoms with van der Waals surface area (Å²) in [5.41, 5.74) is 1.83. The average Bonchev–Trinajstić information content (AvgIpc) is 2.61. The zero-order chi connectivity index (χ0) is 12.6. The Balaban J connectivity index is 2.40. The Hall–Kier alpha value is 0.580. The van der Waals surface area contributed by atoms with E-state index in [9.17, 15) is 4.39 Å². The third-order valence-corrected chi connectivity index (χ3v) is 5.67. The molecule has 90 valence electrons. The molecule has 17 heavy (non-hydrogen) atoms. The van der Waals surface area contributed by atoms with Crippen LogP contribution in [-0.4, -0.2) is 0 Å². The Morgan fingerprint density at radius 1 is 1.18 bits per heavy atom. The lowest BCUT2D eigenvalue weighted by molar-refractivity contribution is 0.620. The molecule has 1 aromatic heterocycles. The summed E-state index contributed by atoms with van der Waals surface area (Å²) in [6, 6.07) is 6.76. The molecule has 0 spiro atoms. The van der Waals surface area contributed by atoms with Crippen LogP contribution in [0.15, 0.2) is 36.3 Å². The molecular formula is C11H5Br3ClFS. The first-order chi connectivity index (χ1) is 7.99. The third-order valence-electron chi connectivity index (χ3n) is 2.19. The van der Waals surface area contributed by atoms with Gasteiger partial charge in [0.15, 0.2) is 0 Å². The van der Waals surface area contributed by atoms with Gasteiger partial charge in [0.2, 0.25) is 0 Å². The fourth-order valence-corrected chi connectivity index (χ4v) is 5.18. The number of hydrogen-bond acceptors (Lipinski definition) is 1. The quantitative estimate of drug-likeness (QED) is 0.446. The van der Waals surface area contributed by atoms with Crippen molar-refractivity contribution in [3.63, 3.8) is 0 Å². The van der Waals surface area contributed by atoms with Crippen LogP contribution in [0.2, 0.25) is 0 Å². The van der Waals surface area contributed by atoms with E-state index in [4.69, 9.17) is 11.6 Å². The molecule has 0 amide bonds. The van der Waals surface area contributed by atoms with E-state index in [2.05, 4.69) is 47.8 Å². The second-order valence-corrected chi connectivity index (χ2v) is 8.36. The van der Waals surface area contributed by atoms with E-state index >= 15 is 0 Å². The van der Waals surface area contributed by atoms with Crippen molar-refractivity contribution in [3.05, 3.63) is 53.3 Å². The van der Waals surface area contributed by atoms with Crippen molar-refractivity contribution in [1.29, 1.82) is 0 Å². The van der Waals surface area contributed by atoms with Crippen LogP contribution in [-0.2, 0) is 0 Å². The van der Waals surface area contributed by atoms with E-state index < -0.39 is 0 Å². The number of halogens is 5. The zero-order valence-electron chi connectivity index (χ0n) is 8.18. The van der Waals surface area contributed by atoms with Gasteiger partial charge in [-0.25, -0.2) is 4.39 Å². The summed E-state index contributed by atoms with van der Waals surface area (Å²) in [5.74, 6) is -0.289. The highest BCUT2D eigenvalue weighted by Gasteiger charge is 2.17. The van der Waals surface area contributed by atoms with Gasteiger partial charge < -0.3 is 0 Å². The molecule has 0 aliphatic carbocycles. The van der Waals surface area contributed by atoms with Crippen LogP contribution in [0.25, 0.3) is 0 Å². The van der Waals surface area contributed by atoms with Gasteiger partial charge in [0, 0.05) is 5.56 Å². The fourth-order valence-electron chi connectivity index (χ4n) is 1.38. The van der Waals surface area contributed by atoms with Crippen molar-refractivity contribution < 1.29 is 4.39 Å². The molecule has 0 saturated carbocycles. The molecule has 0 nitrogen and oxygen atoms in total. The van der Waals surface area contributed by atoms with E-state index in [0.717, 1.165) is 18.7 Å². The number of hydrogen-bond donors (Lipinski definition) is 0. The van der Waals surface area contributed by atoms with Crippen LogP contribution < -0.4 is 0 Å². The van der Waals surface area contributed by atoms with Gasteiger partial charge in [0.05, 0.1) is 17.4 Å². The van der Waals surface area contributed by atoms with E-state index in [1.807, 2.05) is 6.07 Å². The van der Waals surface area contributed by atoms with Gasteiger partial charge in [-0.15, -0.1) is 22.9 Å². The minimum absolute atomic E-state index is 0.289. The fraction of sp³-hybridized carbons (Fsp3) is 0.0909. The summed E-state index contributed by atoms with van der Waals surface area (Å²) >= 11 is 18.0. The molecule has 0 N–H and O–H groups in total. The molecule has 0 radical (unpaired) electrons. The van der Waals surface area contributed by atoms with Crippen LogP contribution in [0.4, 0.5) is 4.39 Å². The Morgan fingerprint density at radius 3 is 2.41 bits per heavy atom. The first-order valence-electron chi connectivity index (χ1n) is 4.53. The lowest BCUT2D eigenvalue weighted by Gasteiger charge is -2.09. The lowest BCUT2D eigenvalue weighted by atomic mass is 10.1. The molecule has 1 atom stereocenters. The monoisotopic (exact) mass is 460 g/mol. The highest BCUT2D eigenvalue weighted by atomic mass is 79.9. The van der Waals surface area contributed by atoms with E-state index in [-0.39, 0.29) is 11.2 Å². The standard InChI is InChI=1S/C11H5Br3ClFS/c12-7-3-5(1-2-8(7)16)10(15)6-4-9(13)17-11(6)14/h1-4,10H. The smallest absolute Gasteiger partial charge is 0.137 e. The minimum atomic E-state index is -0.302. The lowest BCUT2D eigenvalue weighted by Crippen LogP contribution is -1.93. The van der Waals surface area contributed by atoms with Gasteiger partial charge in [-0.2, -0.15) is 0 Å². The Kier molecular flexibility index (Phi) is 4.69. The molecule has 1 unspecified atom stereocenters. The first kappa shape index (κ1) is 14.0. The number of benzene rings is 1. The maximum absolute atomic E-state index is 13.1. The SMILES string of the molecule is Fc1ccc(C(Cl)c2cc(Br)sc2Br)cc1Br. The first-order valence-corrected chi connectivity index (χ1v) is 8.16. The van der Waals surface area contributed by atoms with Crippen LogP contribution in [0.5, 0.6) is 0 Å². The molecule has 1 aromatic carbocycles. The van der Waals surface area contributed by atoms with Crippen molar-refractivity contribution in [2.75, 3.05) is 0 Å². The maximum atomic E-state index is 13.1. The van der Waals surface area contributed by atoms with Gasteiger partial charge in [-0.05, 0) is 71.6 Å². The second kappa shape index (κ2) is 5.70. The molecule has 0 aliphatic heterocycles. The molecule has 0 aliphatic rings. The van der Waals surface area contributed by atoms with Gasteiger partial charge in [-0.3, -0.25) is 0 Å². The van der Waals surface area contributed by atoms with Crippen LogP contribution >= 0.6 is 70.7 Å². The predicted molar refractivity (Wildman–Crippen MR) is 81.5 cm³/mol. The molecule has 0 saturated heterocycles. The van der Waals surface area contributed by atoms with Crippen molar-refractivity contribution in [1.82, 2.24) is 0 Å². The highest BCUT2D eigenvalue weighted by Crippen LogP contribution is 2.41. The summed E-state index contributed by atoms with van der Waals surface area (Å²) in [6.45, 7) is 0. The van der Waals surface area contributed by atoms with E-state index in [1.165, 1.54) is 6.07 Å². The van der Waals surface area contributed by atoms with Gasteiger partial charge in [-0.1, -0.05) is 6.07 Å².